The summed E-state index contributed by atoms with van der Waals surface area (Å²) in [6.07, 6.45) is 1.55. The van der Waals surface area contributed by atoms with Gasteiger partial charge in [-0.15, -0.1) is 0 Å². The molecule has 6 nitrogen and oxygen atoms in total. The number of benzene rings is 1. The van der Waals surface area contributed by atoms with E-state index in [0.29, 0.717) is 0 Å². The molecule has 1 aliphatic heterocycles. The van der Waals surface area contributed by atoms with E-state index in [-0.39, 0.29) is 13.0 Å². The maximum absolute atomic E-state index is 5.53. The number of pyridine rings is 1. The summed E-state index contributed by atoms with van der Waals surface area (Å²) in [5, 5.41) is 8.10. The van der Waals surface area contributed by atoms with Crippen LogP contribution in [0.1, 0.15) is 23.1 Å². The van der Waals surface area contributed by atoms with Gasteiger partial charge < -0.3 is 14.8 Å². The van der Waals surface area contributed by atoms with Crippen molar-refractivity contribution < 1.29 is 9.47 Å². The summed E-state index contributed by atoms with van der Waals surface area (Å²) >= 11 is 3.41. The van der Waals surface area contributed by atoms with Crippen molar-refractivity contribution in [1.82, 2.24) is 14.8 Å². The van der Waals surface area contributed by atoms with Crippen LogP contribution in [0.3, 0.4) is 0 Å². The zero-order valence-corrected chi connectivity index (χ0v) is 15.4. The van der Waals surface area contributed by atoms with Crippen molar-refractivity contribution in [3.05, 3.63) is 64.0 Å². The van der Waals surface area contributed by atoms with Gasteiger partial charge in [-0.3, -0.25) is 0 Å². The van der Waals surface area contributed by atoms with Crippen LogP contribution >= 0.6 is 15.9 Å². The molecule has 0 saturated heterocycles. The molecule has 1 N–H and O–H groups in total. The molecule has 4 rings (SSSR count). The summed E-state index contributed by atoms with van der Waals surface area (Å²) in [6, 6.07) is 11.8. The van der Waals surface area contributed by atoms with Crippen molar-refractivity contribution in [3.63, 3.8) is 0 Å². The molecule has 1 aromatic carbocycles. The van der Waals surface area contributed by atoms with Crippen LogP contribution in [0, 0.1) is 13.8 Å². The number of halogens is 1. The van der Waals surface area contributed by atoms with Crippen molar-refractivity contribution in [3.8, 4) is 11.5 Å². The van der Waals surface area contributed by atoms with E-state index >= 15 is 0 Å². The fourth-order valence-electron chi connectivity index (χ4n) is 2.88. The number of rotatable bonds is 4. The average Bonchev–Trinajstić information content (AvgIpc) is 3.19. The highest BCUT2D eigenvalue weighted by molar-refractivity contribution is 9.10. The fraction of sp³-hybridized carbons (Fsp3) is 0.222. The number of nitrogens with zero attached hydrogens (tertiary/aromatic N) is 3. The smallest absolute Gasteiger partial charge is 0.231 e. The van der Waals surface area contributed by atoms with E-state index < -0.39 is 0 Å². The molecule has 0 aliphatic carbocycles. The van der Waals surface area contributed by atoms with Gasteiger partial charge in [0.15, 0.2) is 11.5 Å². The first-order valence-electron chi connectivity index (χ1n) is 7.90. The lowest BCUT2D eigenvalue weighted by Crippen LogP contribution is -2.22. The molecule has 3 heterocycles. The van der Waals surface area contributed by atoms with Gasteiger partial charge in [0.1, 0.15) is 12.0 Å². The normalized spacial score (nSPS) is 13.7. The predicted octanol–water partition coefficient (Wildman–Crippen LogP) is 4.05. The molecular formula is C18H17BrN4O2. The molecule has 0 saturated carbocycles. The Morgan fingerprint density at radius 3 is 2.68 bits per heavy atom. The maximum atomic E-state index is 5.53. The van der Waals surface area contributed by atoms with Crippen molar-refractivity contribution in [2.45, 2.75) is 20.0 Å². The molecular weight excluding hydrogens is 384 g/mol. The van der Waals surface area contributed by atoms with Crippen molar-refractivity contribution in [2.75, 3.05) is 12.1 Å². The molecule has 0 radical (unpaired) electrons. The second kappa shape index (κ2) is 6.40. The molecule has 0 amide bonds. The third-order valence-corrected chi connectivity index (χ3v) is 4.48. The zero-order chi connectivity index (χ0) is 17.4. The molecule has 128 valence electrons. The summed E-state index contributed by atoms with van der Waals surface area (Å²) in [7, 11) is 0. The number of hydrogen-bond donors (Lipinski definition) is 1. The Morgan fingerprint density at radius 1 is 1.12 bits per heavy atom. The average molecular weight is 401 g/mol. The number of nitrogens with one attached hydrogen (secondary N) is 1. The van der Waals surface area contributed by atoms with Crippen molar-refractivity contribution in [2.24, 2.45) is 0 Å². The van der Waals surface area contributed by atoms with Gasteiger partial charge >= 0.3 is 0 Å². The van der Waals surface area contributed by atoms with Crippen LogP contribution in [-0.4, -0.2) is 21.6 Å². The Balaban J connectivity index is 1.75. The number of anilines is 1. The first-order chi connectivity index (χ1) is 12.1. The van der Waals surface area contributed by atoms with E-state index in [1.165, 1.54) is 0 Å². The molecule has 0 spiro atoms. The highest BCUT2D eigenvalue weighted by atomic mass is 79.9. The molecule has 0 fully saturated rings. The molecule has 3 aromatic rings. The van der Waals surface area contributed by atoms with Crippen LogP contribution in [-0.2, 0) is 0 Å². The first kappa shape index (κ1) is 16.0. The Labute approximate surface area is 153 Å². The van der Waals surface area contributed by atoms with Crippen LogP contribution in [0.2, 0.25) is 0 Å². The Morgan fingerprint density at radius 2 is 1.96 bits per heavy atom. The Kier molecular flexibility index (Phi) is 4.09. The third-order valence-electron chi connectivity index (χ3n) is 4.01. The van der Waals surface area contributed by atoms with Gasteiger partial charge in [0, 0.05) is 21.9 Å². The quantitative estimate of drug-likeness (QED) is 0.715. The fourth-order valence-corrected chi connectivity index (χ4v) is 3.11. The first-order valence-corrected chi connectivity index (χ1v) is 8.70. The van der Waals surface area contributed by atoms with Gasteiger partial charge in [0.05, 0.1) is 5.69 Å². The van der Waals surface area contributed by atoms with Gasteiger partial charge in [-0.25, -0.2) is 9.67 Å². The van der Waals surface area contributed by atoms with E-state index in [1.807, 2.05) is 48.9 Å². The van der Waals surface area contributed by atoms with E-state index in [0.717, 1.165) is 38.7 Å². The minimum absolute atomic E-state index is 0.211. The molecule has 25 heavy (non-hydrogen) atoms. The summed E-state index contributed by atoms with van der Waals surface area (Å²) in [4.78, 5) is 4.42. The lowest BCUT2D eigenvalue weighted by molar-refractivity contribution is 0.174. The highest BCUT2D eigenvalue weighted by Gasteiger charge is 2.21. The molecule has 1 unspecified atom stereocenters. The summed E-state index contributed by atoms with van der Waals surface area (Å²) in [5.41, 5.74) is 3.04. The van der Waals surface area contributed by atoms with Gasteiger partial charge in [-0.2, -0.15) is 5.10 Å². The van der Waals surface area contributed by atoms with Crippen LogP contribution in [0.5, 0.6) is 11.5 Å². The van der Waals surface area contributed by atoms with Crippen molar-refractivity contribution >= 4 is 21.7 Å². The standard InChI is InChI=1S/C18H17BrN4O2/c1-11-7-12(2)23(22-11)18(21-17-6-4-14(19)9-20-17)13-3-5-15-16(8-13)25-10-24-15/h3-9,18H,10H2,1-2H3,(H,20,21). The SMILES string of the molecule is Cc1cc(C)n(C(Nc2ccc(Br)cn2)c2ccc3c(c2)OCO3)n1. The van der Waals surface area contributed by atoms with Crippen LogP contribution in [0.25, 0.3) is 0 Å². The van der Waals surface area contributed by atoms with Crippen LogP contribution < -0.4 is 14.8 Å². The second-order valence-corrected chi connectivity index (χ2v) is 6.81. The van der Waals surface area contributed by atoms with Gasteiger partial charge in [0.25, 0.3) is 0 Å². The van der Waals surface area contributed by atoms with Crippen LogP contribution in [0.4, 0.5) is 5.82 Å². The predicted molar refractivity (Wildman–Crippen MR) is 98.0 cm³/mol. The third kappa shape index (κ3) is 3.19. The lowest BCUT2D eigenvalue weighted by atomic mass is 10.1. The van der Waals surface area contributed by atoms with E-state index in [9.17, 15) is 0 Å². The van der Waals surface area contributed by atoms with E-state index in [2.05, 4.69) is 37.4 Å². The number of aromatic nitrogens is 3. The largest absolute Gasteiger partial charge is 0.454 e. The summed E-state index contributed by atoms with van der Waals surface area (Å²) < 4.78 is 13.8. The second-order valence-electron chi connectivity index (χ2n) is 5.89. The Hall–Kier alpha value is -2.54. The maximum Gasteiger partial charge on any atom is 0.231 e. The molecule has 7 heteroatoms. The lowest BCUT2D eigenvalue weighted by Gasteiger charge is -2.22. The number of aryl methyl sites for hydroxylation is 2. The number of hydrogen-bond acceptors (Lipinski definition) is 5. The summed E-state index contributed by atoms with van der Waals surface area (Å²) in [6.45, 7) is 4.28. The topological polar surface area (TPSA) is 61.2 Å². The zero-order valence-electron chi connectivity index (χ0n) is 13.9. The molecule has 0 bridgehead atoms. The Bertz CT molecular complexity index is 908. The minimum Gasteiger partial charge on any atom is -0.454 e. The minimum atomic E-state index is -0.211. The molecule has 1 atom stereocenters. The molecule has 2 aromatic heterocycles. The van der Waals surface area contributed by atoms with Crippen molar-refractivity contribution in [1.29, 1.82) is 0 Å². The summed E-state index contributed by atoms with van der Waals surface area (Å²) in [5.74, 6) is 2.27. The number of fused-ring (bicyclic) bond motifs is 1. The van der Waals surface area contributed by atoms with Crippen LogP contribution in [0.15, 0.2) is 47.1 Å². The highest BCUT2D eigenvalue weighted by Crippen LogP contribution is 2.35. The van der Waals surface area contributed by atoms with Gasteiger partial charge in [0.2, 0.25) is 6.79 Å². The van der Waals surface area contributed by atoms with E-state index in [4.69, 9.17) is 9.47 Å². The molecule has 1 aliphatic rings. The van der Waals surface area contributed by atoms with Gasteiger partial charge in [-0.1, -0.05) is 6.07 Å². The number of ether oxygens (including phenoxy) is 2. The monoisotopic (exact) mass is 400 g/mol. The van der Waals surface area contributed by atoms with Gasteiger partial charge in [-0.05, 0) is 60.1 Å². The van der Waals surface area contributed by atoms with E-state index in [1.54, 1.807) is 6.20 Å².